The van der Waals surface area contributed by atoms with Crippen molar-refractivity contribution in [3.8, 4) is 0 Å². The van der Waals surface area contributed by atoms with E-state index in [9.17, 15) is 4.79 Å². The van der Waals surface area contributed by atoms with Crippen LogP contribution in [-0.4, -0.2) is 60.6 Å². The molecule has 0 unspecified atom stereocenters. The highest BCUT2D eigenvalue weighted by Crippen LogP contribution is 2.23. The van der Waals surface area contributed by atoms with Crippen molar-refractivity contribution in [2.24, 2.45) is 0 Å². The van der Waals surface area contributed by atoms with Gasteiger partial charge in [0, 0.05) is 12.6 Å². The number of ether oxygens (including phenoxy) is 1. The van der Waals surface area contributed by atoms with Gasteiger partial charge >= 0.3 is 5.97 Å². The SMILES string of the molecule is CCOC(=O)[C@H](CC)N1CCC[C@@H](N2CCCC2)CC1. The smallest absolute Gasteiger partial charge is 0.323 e. The summed E-state index contributed by atoms with van der Waals surface area (Å²) in [5.74, 6) is -0.0328. The van der Waals surface area contributed by atoms with Crippen LogP contribution in [0.3, 0.4) is 0 Å². The monoisotopic (exact) mass is 282 g/mol. The van der Waals surface area contributed by atoms with Crippen molar-refractivity contribution in [3.63, 3.8) is 0 Å². The topological polar surface area (TPSA) is 32.8 Å². The zero-order valence-corrected chi connectivity index (χ0v) is 13.1. The van der Waals surface area contributed by atoms with Crippen molar-refractivity contribution in [1.82, 2.24) is 9.80 Å². The normalized spacial score (nSPS) is 27.2. The second-order valence-electron chi connectivity index (χ2n) is 6.04. The highest BCUT2D eigenvalue weighted by molar-refractivity contribution is 5.75. The Balaban J connectivity index is 1.88. The number of likely N-dealkylation sites (tertiary alicyclic amines) is 2. The molecular weight excluding hydrogens is 252 g/mol. The van der Waals surface area contributed by atoms with Gasteiger partial charge in [-0.15, -0.1) is 0 Å². The van der Waals surface area contributed by atoms with Gasteiger partial charge in [-0.25, -0.2) is 0 Å². The first-order chi connectivity index (χ1) is 9.76. The third-order valence-corrected chi connectivity index (χ3v) is 4.78. The Kier molecular flexibility index (Phi) is 6.30. The van der Waals surface area contributed by atoms with Gasteiger partial charge in [-0.05, 0) is 65.1 Å². The van der Waals surface area contributed by atoms with E-state index in [4.69, 9.17) is 4.74 Å². The number of esters is 1. The van der Waals surface area contributed by atoms with Crippen LogP contribution in [0.4, 0.5) is 0 Å². The summed E-state index contributed by atoms with van der Waals surface area (Å²) in [6, 6.07) is 0.703. The van der Waals surface area contributed by atoms with E-state index in [0.29, 0.717) is 6.61 Å². The van der Waals surface area contributed by atoms with E-state index in [1.54, 1.807) is 0 Å². The number of rotatable bonds is 5. The fourth-order valence-corrected chi connectivity index (χ4v) is 3.70. The molecule has 0 aliphatic carbocycles. The molecule has 2 saturated heterocycles. The molecule has 2 heterocycles. The molecule has 2 rings (SSSR count). The summed E-state index contributed by atoms with van der Waals surface area (Å²) in [4.78, 5) is 17.1. The average Bonchev–Trinajstić information content (AvgIpc) is 2.87. The third-order valence-electron chi connectivity index (χ3n) is 4.78. The molecule has 0 amide bonds. The maximum absolute atomic E-state index is 12.0. The van der Waals surface area contributed by atoms with E-state index in [2.05, 4.69) is 16.7 Å². The first-order valence-corrected chi connectivity index (χ1v) is 8.41. The Morgan fingerprint density at radius 3 is 2.50 bits per heavy atom. The summed E-state index contributed by atoms with van der Waals surface area (Å²) in [5.41, 5.74) is 0. The maximum atomic E-state index is 12.0. The molecule has 20 heavy (non-hydrogen) atoms. The average molecular weight is 282 g/mol. The van der Waals surface area contributed by atoms with Crippen molar-refractivity contribution in [2.75, 3.05) is 32.8 Å². The van der Waals surface area contributed by atoms with Crippen LogP contribution in [0.25, 0.3) is 0 Å². The van der Waals surface area contributed by atoms with Crippen molar-refractivity contribution in [3.05, 3.63) is 0 Å². The molecule has 0 N–H and O–H groups in total. The summed E-state index contributed by atoms with van der Waals surface area (Å²) in [7, 11) is 0. The number of nitrogens with zero attached hydrogens (tertiary/aromatic N) is 2. The third kappa shape index (κ3) is 3.95. The van der Waals surface area contributed by atoms with Gasteiger partial charge in [0.15, 0.2) is 0 Å². The van der Waals surface area contributed by atoms with E-state index in [-0.39, 0.29) is 12.0 Å². The van der Waals surface area contributed by atoms with Gasteiger partial charge in [0.25, 0.3) is 0 Å². The van der Waals surface area contributed by atoms with E-state index in [1.165, 1.54) is 45.2 Å². The molecule has 4 heteroatoms. The standard InChI is InChI=1S/C16H30N2O2/c1-3-15(16(19)20-4-2)18-12-7-8-14(9-13-18)17-10-5-6-11-17/h14-15H,3-13H2,1-2H3/t14-,15+/m1/s1. The van der Waals surface area contributed by atoms with Crippen LogP contribution in [0, 0.1) is 0 Å². The predicted octanol–water partition coefficient (Wildman–Crippen LogP) is 2.28. The van der Waals surface area contributed by atoms with E-state index in [0.717, 1.165) is 25.6 Å². The maximum Gasteiger partial charge on any atom is 0.323 e. The Labute approximate surface area is 123 Å². The molecule has 0 aromatic heterocycles. The van der Waals surface area contributed by atoms with Gasteiger partial charge < -0.3 is 9.64 Å². The highest BCUT2D eigenvalue weighted by Gasteiger charge is 2.30. The summed E-state index contributed by atoms with van der Waals surface area (Å²) in [6.07, 6.45) is 7.28. The summed E-state index contributed by atoms with van der Waals surface area (Å²) >= 11 is 0. The summed E-state index contributed by atoms with van der Waals surface area (Å²) in [5, 5.41) is 0. The van der Waals surface area contributed by atoms with Gasteiger partial charge in [-0.3, -0.25) is 9.69 Å². The van der Waals surface area contributed by atoms with Crippen molar-refractivity contribution in [1.29, 1.82) is 0 Å². The molecule has 0 bridgehead atoms. The molecule has 0 aromatic rings. The Bertz CT molecular complexity index is 303. The fraction of sp³-hybridized carbons (Fsp3) is 0.938. The predicted molar refractivity (Wildman–Crippen MR) is 80.7 cm³/mol. The zero-order valence-electron chi connectivity index (χ0n) is 13.1. The van der Waals surface area contributed by atoms with Gasteiger partial charge in [-0.1, -0.05) is 6.92 Å². The van der Waals surface area contributed by atoms with Crippen LogP contribution >= 0.6 is 0 Å². The summed E-state index contributed by atoms with van der Waals surface area (Å²) in [6.45, 7) is 9.10. The van der Waals surface area contributed by atoms with Crippen molar-refractivity contribution in [2.45, 2.75) is 64.5 Å². The van der Waals surface area contributed by atoms with Gasteiger partial charge in [-0.2, -0.15) is 0 Å². The van der Waals surface area contributed by atoms with E-state index < -0.39 is 0 Å². The lowest BCUT2D eigenvalue weighted by Gasteiger charge is -2.29. The first-order valence-electron chi connectivity index (χ1n) is 8.41. The Hall–Kier alpha value is -0.610. The number of carbonyl (C=O) groups is 1. The first kappa shape index (κ1) is 15.8. The molecule has 4 nitrogen and oxygen atoms in total. The van der Waals surface area contributed by atoms with Crippen LogP contribution in [0.5, 0.6) is 0 Å². The molecule has 116 valence electrons. The number of carbonyl (C=O) groups excluding carboxylic acids is 1. The quantitative estimate of drug-likeness (QED) is 0.724. The van der Waals surface area contributed by atoms with Crippen LogP contribution in [0.2, 0.25) is 0 Å². The van der Waals surface area contributed by atoms with E-state index >= 15 is 0 Å². The van der Waals surface area contributed by atoms with Crippen LogP contribution in [0.1, 0.15) is 52.4 Å². The molecule has 2 aliphatic rings. The Morgan fingerprint density at radius 1 is 1.10 bits per heavy atom. The molecule has 0 radical (unpaired) electrons. The van der Waals surface area contributed by atoms with Crippen LogP contribution in [-0.2, 0) is 9.53 Å². The molecule has 0 spiro atoms. The number of hydrogen-bond donors (Lipinski definition) is 0. The van der Waals surface area contributed by atoms with Crippen molar-refractivity contribution >= 4 is 5.97 Å². The molecule has 2 fully saturated rings. The van der Waals surface area contributed by atoms with Gasteiger partial charge in [0.05, 0.1) is 6.61 Å². The number of hydrogen-bond acceptors (Lipinski definition) is 4. The second-order valence-corrected chi connectivity index (χ2v) is 6.04. The lowest BCUT2D eigenvalue weighted by atomic mass is 10.1. The lowest BCUT2D eigenvalue weighted by Crippen LogP contribution is -2.43. The Morgan fingerprint density at radius 2 is 1.85 bits per heavy atom. The van der Waals surface area contributed by atoms with Gasteiger partial charge in [0.1, 0.15) is 6.04 Å². The minimum absolute atomic E-state index is 0.0328. The fourth-order valence-electron chi connectivity index (χ4n) is 3.70. The molecule has 0 saturated carbocycles. The van der Waals surface area contributed by atoms with Crippen LogP contribution < -0.4 is 0 Å². The van der Waals surface area contributed by atoms with Crippen molar-refractivity contribution < 1.29 is 9.53 Å². The lowest BCUT2D eigenvalue weighted by molar-refractivity contribution is -0.149. The molecule has 0 aromatic carbocycles. The minimum Gasteiger partial charge on any atom is -0.465 e. The van der Waals surface area contributed by atoms with Crippen LogP contribution in [0.15, 0.2) is 0 Å². The second kappa shape index (κ2) is 7.99. The van der Waals surface area contributed by atoms with E-state index in [1.807, 2.05) is 6.92 Å². The highest BCUT2D eigenvalue weighted by atomic mass is 16.5. The largest absolute Gasteiger partial charge is 0.465 e. The molecular formula is C16H30N2O2. The molecule has 2 aliphatic heterocycles. The zero-order chi connectivity index (χ0) is 14.4. The minimum atomic E-state index is -0.0349. The molecule has 2 atom stereocenters. The summed E-state index contributed by atoms with van der Waals surface area (Å²) < 4.78 is 5.22. The van der Waals surface area contributed by atoms with Gasteiger partial charge in [0.2, 0.25) is 0 Å².